The average Bonchev–Trinajstić information content (AvgIpc) is 2.71. The molecule has 1 atom stereocenters. The third kappa shape index (κ3) is 4.39. The topological polar surface area (TPSA) is 87.5 Å². The Labute approximate surface area is 163 Å². The van der Waals surface area contributed by atoms with Crippen molar-refractivity contribution in [1.82, 2.24) is 19.8 Å². The summed E-state index contributed by atoms with van der Waals surface area (Å²) >= 11 is 0. The fourth-order valence-electron chi connectivity index (χ4n) is 3.16. The fraction of sp³-hybridized carbons (Fsp3) is 0.450. The summed E-state index contributed by atoms with van der Waals surface area (Å²) in [4.78, 5) is 31.3. The maximum absolute atomic E-state index is 12.9. The Balaban J connectivity index is 0.00000136. The number of carbonyl (C=O) groups excluding carboxylic acids is 1. The summed E-state index contributed by atoms with van der Waals surface area (Å²) in [6.07, 6.45) is 0.727. The van der Waals surface area contributed by atoms with Crippen LogP contribution in [0, 0.1) is 5.82 Å². The minimum Gasteiger partial charge on any atom is -0.501 e. The second kappa shape index (κ2) is 9.45. The fourth-order valence-corrected chi connectivity index (χ4v) is 3.16. The summed E-state index contributed by atoms with van der Waals surface area (Å²) < 4.78 is 14.4. The van der Waals surface area contributed by atoms with E-state index in [4.69, 9.17) is 0 Å². The summed E-state index contributed by atoms with van der Waals surface area (Å²) in [5, 5.41) is 12.8. The molecule has 0 spiro atoms. The second-order valence-electron chi connectivity index (χ2n) is 6.34. The van der Waals surface area contributed by atoms with Crippen molar-refractivity contribution >= 4 is 5.91 Å². The van der Waals surface area contributed by atoms with E-state index in [0.29, 0.717) is 24.5 Å². The summed E-state index contributed by atoms with van der Waals surface area (Å²) in [5.41, 5.74) is -0.189. The standard InChI is InChI=1S/C18H21FN4O3.C2H6/c1-3-13-16-21-14(15(24)18(26)23(16)9-8-22(13)2)17(25)20-10-11-4-6-12(19)7-5-11;1-2/h4-7,13,24H,3,8-10H2,1-2H3,(H,20,25);1-2H3. The molecule has 0 saturated heterocycles. The van der Waals surface area contributed by atoms with Crippen LogP contribution in [0.3, 0.4) is 0 Å². The molecular formula is C20H27FN4O3. The van der Waals surface area contributed by atoms with Gasteiger partial charge in [-0.15, -0.1) is 0 Å². The summed E-state index contributed by atoms with van der Waals surface area (Å²) in [7, 11) is 1.94. The van der Waals surface area contributed by atoms with Crippen LogP contribution in [0.1, 0.15) is 55.1 Å². The number of aromatic nitrogens is 2. The molecule has 152 valence electrons. The van der Waals surface area contributed by atoms with E-state index in [-0.39, 0.29) is 24.1 Å². The first-order valence-electron chi connectivity index (χ1n) is 9.49. The van der Waals surface area contributed by atoms with Crippen molar-refractivity contribution in [3.63, 3.8) is 0 Å². The minimum absolute atomic E-state index is 0.0966. The van der Waals surface area contributed by atoms with E-state index >= 15 is 0 Å². The van der Waals surface area contributed by atoms with Gasteiger partial charge in [-0.3, -0.25) is 19.1 Å². The molecular weight excluding hydrogens is 363 g/mol. The van der Waals surface area contributed by atoms with Crippen molar-refractivity contribution < 1.29 is 14.3 Å². The van der Waals surface area contributed by atoms with Gasteiger partial charge in [-0.05, 0) is 31.2 Å². The van der Waals surface area contributed by atoms with Crippen LogP contribution in [-0.2, 0) is 13.1 Å². The number of amides is 1. The zero-order valence-electron chi connectivity index (χ0n) is 16.7. The van der Waals surface area contributed by atoms with E-state index < -0.39 is 17.2 Å². The van der Waals surface area contributed by atoms with Crippen molar-refractivity contribution in [1.29, 1.82) is 0 Å². The smallest absolute Gasteiger partial charge is 0.296 e. The summed E-state index contributed by atoms with van der Waals surface area (Å²) in [5.74, 6) is -1.17. The molecule has 8 heteroatoms. The third-order valence-electron chi connectivity index (χ3n) is 4.65. The minimum atomic E-state index is -0.648. The molecule has 0 radical (unpaired) electrons. The van der Waals surface area contributed by atoms with Crippen LogP contribution in [0.15, 0.2) is 29.1 Å². The molecule has 1 aromatic carbocycles. The van der Waals surface area contributed by atoms with Gasteiger partial charge in [0.15, 0.2) is 5.69 Å². The van der Waals surface area contributed by atoms with E-state index in [0.717, 1.165) is 6.42 Å². The molecule has 1 aliphatic heterocycles. The van der Waals surface area contributed by atoms with Crippen LogP contribution in [0.4, 0.5) is 4.39 Å². The number of aromatic hydroxyl groups is 1. The van der Waals surface area contributed by atoms with Crippen molar-refractivity contribution in [3.8, 4) is 5.75 Å². The molecule has 7 nitrogen and oxygen atoms in total. The van der Waals surface area contributed by atoms with Crippen molar-refractivity contribution in [2.24, 2.45) is 0 Å². The summed E-state index contributed by atoms with van der Waals surface area (Å²) in [6, 6.07) is 5.59. The molecule has 0 aliphatic carbocycles. The number of hydrogen-bond donors (Lipinski definition) is 2. The zero-order chi connectivity index (χ0) is 20.8. The molecule has 0 bridgehead atoms. The van der Waals surface area contributed by atoms with Gasteiger partial charge in [0.2, 0.25) is 5.75 Å². The van der Waals surface area contributed by atoms with Gasteiger partial charge in [-0.2, -0.15) is 0 Å². The first-order valence-corrected chi connectivity index (χ1v) is 9.49. The number of nitrogens with one attached hydrogen (secondary N) is 1. The molecule has 1 aliphatic rings. The van der Waals surface area contributed by atoms with Gasteiger partial charge in [0, 0.05) is 19.6 Å². The Morgan fingerprint density at radius 2 is 1.93 bits per heavy atom. The highest BCUT2D eigenvalue weighted by Gasteiger charge is 2.30. The van der Waals surface area contributed by atoms with E-state index in [1.54, 1.807) is 12.1 Å². The maximum atomic E-state index is 12.9. The van der Waals surface area contributed by atoms with Crippen molar-refractivity contribution in [2.75, 3.05) is 13.6 Å². The molecule has 1 unspecified atom stereocenters. The van der Waals surface area contributed by atoms with E-state index in [1.165, 1.54) is 16.7 Å². The number of carbonyl (C=O) groups is 1. The van der Waals surface area contributed by atoms with E-state index in [9.17, 15) is 19.1 Å². The lowest BCUT2D eigenvalue weighted by atomic mass is 10.1. The van der Waals surface area contributed by atoms with Crippen LogP contribution in [0.2, 0.25) is 0 Å². The Kier molecular flexibility index (Phi) is 7.28. The molecule has 0 saturated carbocycles. The third-order valence-corrected chi connectivity index (χ3v) is 4.65. The number of benzene rings is 1. The number of rotatable bonds is 4. The lowest BCUT2D eigenvalue weighted by molar-refractivity contribution is 0.0939. The number of fused-ring (bicyclic) bond motifs is 1. The molecule has 1 aromatic heterocycles. The molecule has 2 aromatic rings. The molecule has 1 amide bonds. The van der Waals surface area contributed by atoms with E-state index in [1.807, 2.05) is 27.8 Å². The van der Waals surface area contributed by atoms with Crippen LogP contribution in [0.25, 0.3) is 0 Å². The molecule has 2 N–H and O–H groups in total. The Morgan fingerprint density at radius 1 is 1.29 bits per heavy atom. The van der Waals surface area contributed by atoms with Crippen LogP contribution in [0.5, 0.6) is 5.75 Å². The second-order valence-corrected chi connectivity index (χ2v) is 6.34. The predicted octanol–water partition coefficient (Wildman–Crippen LogP) is 2.44. The highest BCUT2D eigenvalue weighted by Crippen LogP contribution is 2.25. The Morgan fingerprint density at radius 3 is 2.54 bits per heavy atom. The van der Waals surface area contributed by atoms with Gasteiger partial charge in [0.05, 0.1) is 6.04 Å². The van der Waals surface area contributed by atoms with Crippen LogP contribution >= 0.6 is 0 Å². The quantitative estimate of drug-likeness (QED) is 0.837. The normalized spacial score (nSPS) is 16.0. The highest BCUT2D eigenvalue weighted by atomic mass is 19.1. The summed E-state index contributed by atoms with van der Waals surface area (Å²) in [6.45, 7) is 7.20. The average molecular weight is 390 g/mol. The number of likely N-dealkylation sites (N-methyl/N-ethyl adjacent to an activating group) is 1. The van der Waals surface area contributed by atoms with Gasteiger partial charge in [-0.1, -0.05) is 32.9 Å². The van der Waals surface area contributed by atoms with Gasteiger partial charge in [0.25, 0.3) is 11.5 Å². The van der Waals surface area contributed by atoms with Gasteiger partial charge in [0.1, 0.15) is 11.6 Å². The van der Waals surface area contributed by atoms with E-state index in [2.05, 4.69) is 15.2 Å². The number of halogens is 1. The lowest BCUT2D eigenvalue weighted by Crippen LogP contribution is -2.42. The molecule has 3 rings (SSSR count). The Hall–Kier alpha value is -2.74. The van der Waals surface area contributed by atoms with Crippen LogP contribution in [-0.4, -0.2) is 39.1 Å². The monoisotopic (exact) mass is 390 g/mol. The predicted molar refractivity (Wildman–Crippen MR) is 105 cm³/mol. The van der Waals surface area contributed by atoms with Gasteiger partial charge < -0.3 is 10.4 Å². The SMILES string of the molecule is CC.CCC1c2nc(C(=O)NCc3ccc(F)cc3)c(O)c(=O)n2CCN1C. The highest BCUT2D eigenvalue weighted by molar-refractivity contribution is 5.94. The van der Waals surface area contributed by atoms with Crippen LogP contribution < -0.4 is 10.9 Å². The first-order chi connectivity index (χ1) is 13.4. The molecule has 2 heterocycles. The van der Waals surface area contributed by atoms with Gasteiger partial charge >= 0.3 is 0 Å². The Bertz CT molecular complexity index is 880. The first kappa shape index (κ1) is 21.6. The number of nitrogens with zero attached hydrogens (tertiary/aromatic N) is 3. The zero-order valence-corrected chi connectivity index (χ0v) is 16.7. The lowest BCUT2D eigenvalue weighted by Gasteiger charge is -2.33. The van der Waals surface area contributed by atoms with Crippen molar-refractivity contribution in [2.45, 2.75) is 46.3 Å². The number of hydrogen-bond acceptors (Lipinski definition) is 5. The maximum Gasteiger partial charge on any atom is 0.296 e. The van der Waals surface area contributed by atoms with Gasteiger partial charge in [-0.25, -0.2) is 9.37 Å². The largest absolute Gasteiger partial charge is 0.501 e. The molecule has 28 heavy (non-hydrogen) atoms. The van der Waals surface area contributed by atoms with Crippen molar-refractivity contribution in [3.05, 3.63) is 57.5 Å². The molecule has 0 fully saturated rings.